The first-order chi connectivity index (χ1) is 11.9. The van der Waals surface area contributed by atoms with Gasteiger partial charge in [0.05, 0.1) is 6.04 Å². The zero-order valence-electron chi connectivity index (χ0n) is 14.8. The summed E-state index contributed by atoms with van der Waals surface area (Å²) in [6, 6.07) is 6.29. The fraction of sp³-hybridized carbons (Fsp3) is 0.500. The second-order valence-corrected chi connectivity index (χ2v) is 6.69. The summed E-state index contributed by atoms with van der Waals surface area (Å²) >= 11 is 0. The van der Waals surface area contributed by atoms with Gasteiger partial charge in [0.25, 0.3) is 0 Å². The Morgan fingerprint density at radius 3 is 2.64 bits per heavy atom. The van der Waals surface area contributed by atoms with Crippen molar-refractivity contribution in [3.8, 4) is 0 Å². The average molecular weight is 345 g/mol. The Kier molecular flexibility index (Phi) is 6.52. The lowest BCUT2D eigenvalue weighted by Crippen LogP contribution is -2.53. The fourth-order valence-corrected chi connectivity index (χ4v) is 2.83. The number of hydrogen-bond donors (Lipinski definition) is 5. The average Bonchev–Trinajstić information content (AvgIpc) is 2.59. The Morgan fingerprint density at radius 1 is 1.36 bits per heavy atom. The van der Waals surface area contributed by atoms with E-state index in [1.807, 2.05) is 12.1 Å². The molecule has 2 rings (SSSR count). The van der Waals surface area contributed by atoms with Crippen LogP contribution in [0.25, 0.3) is 0 Å². The lowest BCUT2D eigenvalue weighted by molar-refractivity contribution is -0.130. The molecule has 1 aliphatic rings. The number of rotatable bonds is 6. The SMILES string of the molecule is C[C@H]1CCN[C@H](C(=O)N[C@@H](C)C(=O)NCc2ccc(C(=N)N)cc2)C1. The molecule has 0 aromatic heterocycles. The minimum absolute atomic E-state index is 0.0116. The summed E-state index contributed by atoms with van der Waals surface area (Å²) < 4.78 is 0. The molecule has 0 unspecified atom stereocenters. The Hall–Kier alpha value is -2.41. The standard InChI is InChI=1S/C18H27N5O2/c1-11-7-8-21-15(9-11)18(25)23-12(2)17(24)22-10-13-3-5-14(6-4-13)16(19)20/h3-6,11-12,15,21H,7-10H2,1-2H3,(H3,19,20)(H,22,24)(H,23,25)/t11-,12-,15-/m0/s1. The van der Waals surface area contributed by atoms with Gasteiger partial charge in [0.2, 0.25) is 11.8 Å². The lowest BCUT2D eigenvalue weighted by atomic mass is 9.94. The van der Waals surface area contributed by atoms with Crippen LogP contribution in [0.15, 0.2) is 24.3 Å². The third kappa shape index (κ3) is 5.56. The molecule has 25 heavy (non-hydrogen) atoms. The molecule has 0 spiro atoms. The van der Waals surface area contributed by atoms with Crippen LogP contribution >= 0.6 is 0 Å². The summed E-state index contributed by atoms with van der Waals surface area (Å²) in [5.41, 5.74) is 6.96. The molecule has 0 radical (unpaired) electrons. The number of carbonyl (C=O) groups excluding carboxylic acids is 2. The molecule has 1 fully saturated rings. The van der Waals surface area contributed by atoms with Crippen LogP contribution in [-0.2, 0) is 16.1 Å². The van der Waals surface area contributed by atoms with Crippen molar-refractivity contribution in [2.75, 3.05) is 6.54 Å². The molecular weight excluding hydrogens is 318 g/mol. The monoisotopic (exact) mass is 345 g/mol. The highest BCUT2D eigenvalue weighted by atomic mass is 16.2. The number of benzene rings is 1. The Labute approximate surface area is 148 Å². The Balaban J connectivity index is 1.79. The van der Waals surface area contributed by atoms with Crippen molar-refractivity contribution in [1.82, 2.24) is 16.0 Å². The van der Waals surface area contributed by atoms with Crippen LogP contribution in [-0.4, -0.2) is 36.3 Å². The maximum Gasteiger partial charge on any atom is 0.242 e. The van der Waals surface area contributed by atoms with Gasteiger partial charge in [0.1, 0.15) is 11.9 Å². The molecule has 3 atom stereocenters. The zero-order chi connectivity index (χ0) is 18.4. The van der Waals surface area contributed by atoms with Crippen LogP contribution in [0.5, 0.6) is 0 Å². The van der Waals surface area contributed by atoms with Gasteiger partial charge in [0, 0.05) is 12.1 Å². The van der Waals surface area contributed by atoms with Crippen LogP contribution < -0.4 is 21.7 Å². The van der Waals surface area contributed by atoms with E-state index in [0.717, 1.165) is 24.9 Å². The van der Waals surface area contributed by atoms with Crippen molar-refractivity contribution >= 4 is 17.6 Å². The van der Waals surface area contributed by atoms with E-state index in [2.05, 4.69) is 22.9 Å². The first-order valence-corrected chi connectivity index (χ1v) is 8.61. The molecule has 1 aromatic rings. The number of nitrogens with two attached hydrogens (primary N) is 1. The Morgan fingerprint density at radius 2 is 2.04 bits per heavy atom. The van der Waals surface area contributed by atoms with Crippen molar-refractivity contribution in [2.24, 2.45) is 11.7 Å². The first-order valence-electron chi connectivity index (χ1n) is 8.61. The molecule has 1 saturated heterocycles. The lowest BCUT2D eigenvalue weighted by Gasteiger charge is -2.28. The Bertz CT molecular complexity index is 629. The van der Waals surface area contributed by atoms with Gasteiger partial charge in [-0.05, 0) is 37.8 Å². The first kappa shape index (κ1) is 18.9. The molecule has 0 bridgehead atoms. The topological polar surface area (TPSA) is 120 Å². The van der Waals surface area contributed by atoms with E-state index in [9.17, 15) is 9.59 Å². The van der Waals surface area contributed by atoms with Gasteiger partial charge in [-0.15, -0.1) is 0 Å². The number of amides is 2. The van der Waals surface area contributed by atoms with E-state index >= 15 is 0 Å². The van der Waals surface area contributed by atoms with Crippen LogP contribution in [0.3, 0.4) is 0 Å². The largest absolute Gasteiger partial charge is 0.384 e. The quantitative estimate of drug-likeness (QED) is 0.380. The van der Waals surface area contributed by atoms with E-state index in [-0.39, 0.29) is 23.7 Å². The van der Waals surface area contributed by atoms with Gasteiger partial charge in [-0.25, -0.2) is 0 Å². The summed E-state index contributed by atoms with van der Waals surface area (Å²) in [4.78, 5) is 24.4. The third-order valence-corrected chi connectivity index (χ3v) is 4.47. The highest BCUT2D eigenvalue weighted by Crippen LogP contribution is 2.15. The van der Waals surface area contributed by atoms with Gasteiger partial charge in [-0.3, -0.25) is 15.0 Å². The van der Waals surface area contributed by atoms with Crippen LogP contribution in [0.4, 0.5) is 0 Å². The maximum atomic E-state index is 12.2. The predicted octanol–water partition coefficient (Wildman–Crippen LogP) is 0.480. The third-order valence-electron chi connectivity index (χ3n) is 4.47. The molecule has 2 amide bonds. The van der Waals surface area contributed by atoms with E-state index in [1.165, 1.54) is 0 Å². The summed E-state index contributed by atoms with van der Waals surface area (Å²) in [7, 11) is 0. The molecule has 1 aliphatic heterocycles. The van der Waals surface area contributed by atoms with Crippen molar-refractivity contribution in [3.63, 3.8) is 0 Å². The molecule has 7 nitrogen and oxygen atoms in total. The summed E-state index contributed by atoms with van der Waals surface area (Å²) in [6.45, 7) is 5.00. The zero-order valence-corrected chi connectivity index (χ0v) is 14.8. The number of amidine groups is 1. The summed E-state index contributed by atoms with van der Waals surface area (Å²) in [5, 5.41) is 16.1. The van der Waals surface area contributed by atoms with Crippen LogP contribution in [0.1, 0.15) is 37.8 Å². The van der Waals surface area contributed by atoms with E-state index in [1.54, 1.807) is 19.1 Å². The van der Waals surface area contributed by atoms with Crippen LogP contribution in [0, 0.1) is 11.3 Å². The number of nitrogen functional groups attached to an aromatic ring is 1. The number of carbonyl (C=O) groups is 2. The van der Waals surface area contributed by atoms with Gasteiger partial charge >= 0.3 is 0 Å². The molecule has 1 aromatic carbocycles. The van der Waals surface area contributed by atoms with Gasteiger partial charge in [-0.1, -0.05) is 31.2 Å². The van der Waals surface area contributed by atoms with E-state index < -0.39 is 6.04 Å². The number of hydrogen-bond acceptors (Lipinski definition) is 4. The number of nitrogens with one attached hydrogen (secondary N) is 4. The molecule has 7 heteroatoms. The summed E-state index contributed by atoms with van der Waals surface area (Å²) in [6.07, 6.45) is 1.87. The predicted molar refractivity (Wildman–Crippen MR) is 97.1 cm³/mol. The van der Waals surface area contributed by atoms with Crippen LogP contribution in [0.2, 0.25) is 0 Å². The smallest absolute Gasteiger partial charge is 0.242 e. The normalized spacial score (nSPS) is 21.2. The van der Waals surface area contributed by atoms with Gasteiger partial charge in [-0.2, -0.15) is 0 Å². The van der Waals surface area contributed by atoms with Gasteiger partial charge in [0.15, 0.2) is 0 Å². The maximum absolute atomic E-state index is 12.2. The highest BCUT2D eigenvalue weighted by Gasteiger charge is 2.26. The van der Waals surface area contributed by atoms with E-state index in [4.69, 9.17) is 11.1 Å². The fourth-order valence-electron chi connectivity index (χ4n) is 2.83. The van der Waals surface area contributed by atoms with Crippen molar-refractivity contribution in [3.05, 3.63) is 35.4 Å². The van der Waals surface area contributed by atoms with Crippen molar-refractivity contribution < 1.29 is 9.59 Å². The molecule has 0 saturated carbocycles. The molecular formula is C18H27N5O2. The highest BCUT2D eigenvalue weighted by molar-refractivity contribution is 5.94. The van der Waals surface area contributed by atoms with Gasteiger partial charge < -0.3 is 21.7 Å². The second-order valence-electron chi connectivity index (χ2n) is 6.69. The number of piperidine rings is 1. The summed E-state index contributed by atoms with van der Waals surface area (Å²) in [5.74, 6) is 0.171. The second kappa shape index (κ2) is 8.62. The van der Waals surface area contributed by atoms with Crippen molar-refractivity contribution in [1.29, 1.82) is 5.41 Å². The molecule has 0 aliphatic carbocycles. The van der Waals surface area contributed by atoms with Crippen molar-refractivity contribution in [2.45, 2.75) is 45.3 Å². The van der Waals surface area contributed by atoms with E-state index in [0.29, 0.717) is 18.0 Å². The minimum Gasteiger partial charge on any atom is -0.384 e. The molecule has 6 N–H and O–H groups in total. The minimum atomic E-state index is -0.594. The molecule has 136 valence electrons. The molecule has 1 heterocycles.